The van der Waals surface area contributed by atoms with Gasteiger partial charge in [-0.25, -0.2) is 13.2 Å². The van der Waals surface area contributed by atoms with E-state index in [1.54, 1.807) is 38.1 Å². The van der Waals surface area contributed by atoms with Crippen molar-refractivity contribution < 1.29 is 249 Å². The number of aliphatic carboxylic acids is 1. The molecule has 3 N–H and O–H groups in total. The van der Waals surface area contributed by atoms with Crippen LogP contribution in [-0.2, 0) is 91.2 Å². The zero-order chi connectivity index (χ0) is 70.4. The summed E-state index contributed by atoms with van der Waals surface area (Å²) in [5, 5.41) is 36.0. The van der Waals surface area contributed by atoms with Crippen LogP contribution in [-0.4, -0.2) is 70.1 Å². The molecule has 0 fully saturated rings. The molecular formula is C73H81Cl4Cs2F3LiNO16. The molecule has 526 valence electrons. The number of nitriles is 1. The van der Waals surface area contributed by atoms with E-state index in [-0.39, 0.29) is 266 Å². The topological polar surface area (TPSA) is 259 Å². The fraction of sp³-hybridized carbons (Fsp3) is 0.438. The smallest absolute Gasteiger partial charge is 1.00 e. The van der Waals surface area contributed by atoms with Gasteiger partial charge in [0.15, 0.2) is 34.7 Å². The van der Waals surface area contributed by atoms with Crippen molar-refractivity contribution in [3.8, 4) is 40.6 Å². The number of aryl methyl sites for hydroxylation is 3. The Bertz CT molecular complexity index is 3890. The summed E-state index contributed by atoms with van der Waals surface area (Å²) >= 11 is 24.3. The van der Waals surface area contributed by atoms with Crippen LogP contribution in [0.5, 0.6) is 34.5 Å². The van der Waals surface area contributed by atoms with Gasteiger partial charge in [0.25, 0.3) is 6.47 Å². The molecule has 0 saturated carbocycles. The van der Waals surface area contributed by atoms with Crippen LogP contribution < -0.4 is 186 Å². The number of benzene rings is 6. The molecule has 27 heteroatoms. The van der Waals surface area contributed by atoms with Crippen molar-refractivity contribution in [2.45, 2.75) is 193 Å². The molecule has 6 aromatic carbocycles. The van der Waals surface area contributed by atoms with E-state index in [2.05, 4.69) is 18.7 Å². The molecule has 17 nitrogen and oxygen atoms in total. The van der Waals surface area contributed by atoms with E-state index in [4.69, 9.17) is 100.0 Å². The number of alkyl halides is 1. The van der Waals surface area contributed by atoms with Gasteiger partial charge in [-0.05, 0) is 235 Å². The zero-order valence-electron chi connectivity index (χ0n) is 59.5. The Labute approximate surface area is 733 Å². The number of rotatable bonds is 16. The normalized spacial score (nSPS) is 16.7. The fourth-order valence-electron chi connectivity index (χ4n) is 12.9. The summed E-state index contributed by atoms with van der Waals surface area (Å²) in [5.74, 6) is -0.0515. The summed E-state index contributed by atoms with van der Waals surface area (Å²) in [4.78, 5) is 45.5. The standard InChI is InChI=1S/C24H26ClFO4.C22H22ClFO4.C13H15FO3.C11H12Cl2O.C2H3N.CH2O3.2Cs.Li.H2O.H/c1-4-28-22(27)10-15-6-5-14-9-21(20(26)11-19(14)15)29-13-17-8-18(25)7-16-12-24(2,3)30-23(16)17;1-22(2)10-14-5-16(23)6-15(21(14)28-22)11-27-19-7-12-3-4-13(8-20(25)26)17(12)9-18(19)24;1-2-17-13(16)6-9-4-3-8-5-12(15)11(14)7-10(8)9;1-11(2)5-7-3-9(13)4-8(6-12)10(7)14-11;1-2-3;2-1-4-3;;;;;/h7-9,11,15H,4-6,10,12-13H2,1-3H3;5-7,9,13H,3-4,8,10-11H2,1-2H3,(H,25,26);5,7,9,15H,2-4,6H2,1H3;3-4H,5-6H2,1-2H3;1H3;1,3H;;;;1H2;/q;;;;;;3*+1;;-1/p-2. The number of carboxylic acids is 1. The molecule has 6 aliphatic rings. The molecule has 100 heavy (non-hydrogen) atoms. The van der Waals surface area contributed by atoms with Crippen molar-refractivity contribution in [2.75, 3.05) is 13.2 Å². The Hall–Kier alpha value is -2.94. The molecule has 0 spiro atoms. The molecule has 0 radical (unpaired) electrons. The number of nitrogens with zero attached hydrogens (tertiary/aromatic N) is 1. The van der Waals surface area contributed by atoms with Crippen LogP contribution >= 0.6 is 46.4 Å². The third-order valence-corrected chi connectivity index (χ3v) is 17.6. The number of hydrogen-bond acceptors (Lipinski definition) is 16. The number of carbonyl (C=O) groups is 4. The van der Waals surface area contributed by atoms with E-state index in [1.807, 2.05) is 58.0 Å². The summed E-state index contributed by atoms with van der Waals surface area (Å²) in [5.41, 5.74) is 10.5. The summed E-state index contributed by atoms with van der Waals surface area (Å²) in [6, 6.07) is 22.2. The van der Waals surface area contributed by atoms with Gasteiger partial charge in [0, 0.05) is 57.9 Å². The van der Waals surface area contributed by atoms with Crippen LogP contribution in [0.15, 0.2) is 72.8 Å². The second-order valence-electron chi connectivity index (χ2n) is 25.7. The van der Waals surface area contributed by atoms with Gasteiger partial charge in [-0.2, -0.15) is 5.26 Å². The van der Waals surface area contributed by atoms with E-state index >= 15 is 0 Å². The zero-order valence-corrected chi connectivity index (χ0v) is 74.1. The molecule has 3 aliphatic heterocycles. The Morgan fingerprint density at radius 1 is 0.600 bits per heavy atom. The van der Waals surface area contributed by atoms with Gasteiger partial charge in [-0.1, -0.05) is 34.8 Å². The SMILES string of the molecule is CC#N.CC1(C)Cc2cc(Cl)cc(CCl)c2O1.CC1(C)Cc2cc(Cl)cc(COc3cc4c(cc3F)C(CC(=O)O)CC4)c2O1.CCOC(=O)CC1CCc2cc(O)c(F)cc21.CCOC(=O)CC1CCc2cc(OCc3cc(Cl)cc4c3OC(C)(C)C4)c(F)cc21.O=CO[O-].[Cs+].[Cs+].[H-].[Li+].[OH-]. The molecular weight excluding hydrogens is 1620 g/mol. The fourth-order valence-corrected chi connectivity index (χ4v) is 13.8. The van der Waals surface area contributed by atoms with Crippen molar-refractivity contribution in [2.24, 2.45) is 0 Å². The first-order chi connectivity index (χ1) is 45.4. The average Bonchev–Trinajstić information content (AvgIpc) is 1.68. The van der Waals surface area contributed by atoms with Gasteiger partial charge in [-0.3, -0.25) is 19.2 Å². The first-order valence-corrected chi connectivity index (χ1v) is 33.1. The van der Waals surface area contributed by atoms with Gasteiger partial charge in [0.05, 0.1) is 44.4 Å². The number of aromatic hydroxyl groups is 1. The first kappa shape index (κ1) is 91.3. The monoisotopic (exact) mass is 1700 g/mol. The van der Waals surface area contributed by atoms with Crippen LogP contribution in [0.1, 0.15) is 187 Å². The van der Waals surface area contributed by atoms with E-state index in [9.17, 15) is 32.7 Å². The van der Waals surface area contributed by atoms with Crippen molar-refractivity contribution in [3.63, 3.8) is 0 Å². The molecule has 3 atom stereocenters. The molecule has 12 rings (SSSR count). The van der Waals surface area contributed by atoms with Gasteiger partial charge in [-0.15, -0.1) is 11.6 Å². The molecule has 0 aromatic heterocycles. The van der Waals surface area contributed by atoms with Gasteiger partial charge < -0.3 is 60.4 Å². The number of halogens is 7. The van der Waals surface area contributed by atoms with Crippen LogP contribution in [0.2, 0.25) is 15.1 Å². The number of carboxylic acid groups (broad SMARTS) is 1. The van der Waals surface area contributed by atoms with E-state index in [1.165, 1.54) is 31.2 Å². The molecule has 0 saturated heterocycles. The maximum Gasteiger partial charge on any atom is 1.00 e. The molecule has 3 aliphatic carbocycles. The number of carbonyl (C=O) groups excluding carboxylic acids is 3. The maximum atomic E-state index is 14.8. The Balaban J connectivity index is 0.000000451. The summed E-state index contributed by atoms with van der Waals surface area (Å²) in [6.07, 6.45) is 7.63. The van der Waals surface area contributed by atoms with Crippen molar-refractivity contribution in [1.82, 2.24) is 0 Å². The predicted octanol–water partition coefficient (Wildman–Crippen LogP) is 7.25. The van der Waals surface area contributed by atoms with Crippen LogP contribution in [0.4, 0.5) is 13.2 Å². The van der Waals surface area contributed by atoms with Gasteiger partial charge in [0.2, 0.25) is 0 Å². The third-order valence-electron chi connectivity index (χ3n) is 16.6. The van der Waals surface area contributed by atoms with Crippen LogP contribution in [0, 0.1) is 28.8 Å². The van der Waals surface area contributed by atoms with Crippen molar-refractivity contribution in [3.05, 3.63) is 172 Å². The third kappa shape index (κ3) is 25.7. The van der Waals surface area contributed by atoms with Gasteiger partial charge >= 0.3 is 175 Å². The average molecular weight is 1700 g/mol. The van der Waals surface area contributed by atoms with E-state index in [0.29, 0.717) is 29.1 Å². The van der Waals surface area contributed by atoms with Crippen molar-refractivity contribution in [1.29, 1.82) is 5.26 Å². The number of esters is 2. The van der Waals surface area contributed by atoms with E-state index in [0.717, 1.165) is 147 Å². The first-order valence-electron chi connectivity index (χ1n) is 31.5. The Morgan fingerprint density at radius 2 is 0.920 bits per heavy atom. The number of hydrogen-bond donors (Lipinski definition) is 2. The van der Waals surface area contributed by atoms with Gasteiger partial charge in [0.1, 0.15) is 47.3 Å². The van der Waals surface area contributed by atoms with Crippen LogP contribution in [0.25, 0.3) is 0 Å². The Kier molecular flexibility index (Phi) is 38.2. The number of ether oxygens (including phenoxy) is 7. The summed E-state index contributed by atoms with van der Waals surface area (Å²) < 4.78 is 82.1. The number of phenols is 1. The van der Waals surface area contributed by atoms with Crippen molar-refractivity contribution >= 4 is 70.8 Å². The van der Waals surface area contributed by atoms with Crippen LogP contribution in [0.3, 0.4) is 0 Å². The predicted molar refractivity (Wildman–Crippen MR) is 358 cm³/mol. The summed E-state index contributed by atoms with van der Waals surface area (Å²) in [7, 11) is 0. The number of fused-ring (bicyclic) bond motifs is 6. The minimum atomic E-state index is -0.865. The molecule has 6 aromatic rings. The second kappa shape index (κ2) is 41.8. The maximum absolute atomic E-state index is 14.8. The quantitative estimate of drug-likeness (QED) is 0.0241. The molecule has 3 heterocycles. The minimum absolute atomic E-state index is 0. The Morgan fingerprint density at radius 3 is 1.25 bits per heavy atom. The molecule has 0 amide bonds. The second-order valence-corrected chi connectivity index (χ2v) is 27.3. The summed E-state index contributed by atoms with van der Waals surface area (Å²) in [6.45, 7) is 18.0. The molecule has 0 bridgehead atoms. The molecule has 3 unspecified atom stereocenters. The van der Waals surface area contributed by atoms with E-state index < -0.39 is 23.4 Å². The largest absolute Gasteiger partial charge is 1.00 e. The minimum Gasteiger partial charge on any atom is -1.00 e. The number of phenolic OH excluding ortho intramolecular Hbond substituents is 1.